The fourth-order valence-corrected chi connectivity index (χ4v) is 3.01. The Morgan fingerprint density at radius 1 is 1.04 bits per heavy atom. The summed E-state index contributed by atoms with van der Waals surface area (Å²) in [6, 6.07) is 10.0. The fourth-order valence-electron chi connectivity index (χ4n) is 3.01. The van der Waals surface area contributed by atoms with Gasteiger partial charge in [0.25, 0.3) is 0 Å². The van der Waals surface area contributed by atoms with Gasteiger partial charge < -0.3 is 9.80 Å². The summed E-state index contributed by atoms with van der Waals surface area (Å²) < 4.78 is 0. The van der Waals surface area contributed by atoms with Gasteiger partial charge in [0.2, 0.25) is 11.8 Å². The number of allylic oxidation sites excluding steroid dienone is 1. The standard InChI is InChI=1S/C20H28N2O2/c1-4-17(18-9-6-5-7-10-18)15-19(23)21-11-8-12-22(14-13-21)20(24)16(2)3/h5-7,9-10,15-16H,4,8,11-14H2,1-3H3. The van der Waals surface area contributed by atoms with E-state index >= 15 is 0 Å². The van der Waals surface area contributed by atoms with E-state index in [4.69, 9.17) is 0 Å². The van der Waals surface area contributed by atoms with Crippen LogP contribution in [0.3, 0.4) is 0 Å². The largest absolute Gasteiger partial charge is 0.341 e. The molecule has 1 aliphatic rings. The van der Waals surface area contributed by atoms with Gasteiger partial charge in [-0.25, -0.2) is 0 Å². The Morgan fingerprint density at radius 3 is 2.29 bits per heavy atom. The maximum atomic E-state index is 12.6. The molecular formula is C20H28N2O2. The van der Waals surface area contributed by atoms with E-state index in [1.54, 1.807) is 6.08 Å². The van der Waals surface area contributed by atoms with Crippen LogP contribution in [0.15, 0.2) is 36.4 Å². The van der Waals surface area contributed by atoms with Crippen LogP contribution in [0.2, 0.25) is 0 Å². The monoisotopic (exact) mass is 328 g/mol. The van der Waals surface area contributed by atoms with Crippen LogP contribution in [0.4, 0.5) is 0 Å². The average Bonchev–Trinajstić information content (AvgIpc) is 2.85. The van der Waals surface area contributed by atoms with Gasteiger partial charge in [-0.1, -0.05) is 51.1 Å². The number of carbonyl (C=O) groups is 2. The molecule has 0 unspecified atom stereocenters. The molecular weight excluding hydrogens is 300 g/mol. The summed E-state index contributed by atoms with van der Waals surface area (Å²) in [6.07, 6.45) is 3.42. The molecule has 1 heterocycles. The second-order valence-electron chi connectivity index (χ2n) is 6.55. The van der Waals surface area contributed by atoms with Gasteiger partial charge in [0.05, 0.1) is 0 Å². The molecule has 1 fully saturated rings. The van der Waals surface area contributed by atoms with Crippen LogP contribution in [0.5, 0.6) is 0 Å². The lowest BCUT2D eigenvalue weighted by molar-refractivity contribution is -0.134. The predicted molar refractivity (Wildman–Crippen MR) is 97.3 cm³/mol. The van der Waals surface area contributed by atoms with E-state index in [-0.39, 0.29) is 17.7 Å². The third kappa shape index (κ3) is 4.70. The predicted octanol–water partition coefficient (Wildman–Crippen LogP) is 3.20. The van der Waals surface area contributed by atoms with Crippen LogP contribution in [0.1, 0.15) is 39.2 Å². The number of rotatable bonds is 4. The molecule has 0 radical (unpaired) electrons. The molecule has 0 spiro atoms. The van der Waals surface area contributed by atoms with Crippen LogP contribution in [-0.2, 0) is 9.59 Å². The summed E-state index contributed by atoms with van der Waals surface area (Å²) in [5, 5.41) is 0. The topological polar surface area (TPSA) is 40.6 Å². The number of amides is 2. The van der Waals surface area contributed by atoms with Crippen LogP contribution >= 0.6 is 0 Å². The third-order valence-corrected chi connectivity index (χ3v) is 4.44. The quantitative estimate of drug-likeness (QED) is 0.797. The fraction of sp³-hybridized carbons (Fsp3) is 0.500. The van der Waals surface area contributed by atoms with Crippen molar-refractivity contribution in [2.24, 2.45) is 5.92 Å². The molecule has 2 rings (SSSR count). The SMILES string of the molecule is CCC(=CC(=O)N1CCCN(C(=O)C(C)C)CC1)c1ccccc1. The summed E-state index contributed by atoms with van der Waals surface area (Å²) in [5.74, 6) is 0.241. The van der Waals surface area contributed by atoms with Gasteiger partial charge in [-0.15, -0.1) is 0 Å². The first-order valence-electron chi connectivity index (χ1n) is 8.86. The molecule has 4 nitrogen and oxygen atoms in total. The van der Waals surface area contributed by atoms with Gasteiger partial charge in [0, 0.05) is 38.2 Å². The van der Waals surface area contributed by atoms with E-state index in [1.165, 1.54) is 0 Å². The zero-order valence-corrected chi connectivity index (χ0v) is 15.0. The highest BCUT2D eigenvalue weighted by molar-refractivity contribution is 5.95. The molecule has 130 valence electrons. The highest BCUT2D eigenvalue weighted by Crippen LogP contribution is 2.18. The Kier molecular flexibility index (Phi) is 6.59. The first kappa shape index (κ1) is 18.2. The summed E-state index contributed by atoms with van der Waals surface area (Å²) in [7, 11) is 0. The Hall–Kier alpha value is -2.10. The molecule has 0 N–H and O–H groups in total. The van der Waals surface area contributed by atoms with Crippen molar-refractivity contribution in [1.29, 1.82) is 0 Å². The molecule has 4 heteroatoms. The van der Waals surface area contributed by atoms with Crippen molar-refractivity contribution in [2.75, 3.05) is 26.2 Å². The van der Waals surface area contributed by atoms with Gasteiger partial charge >= 0.3 is 0 Å². The Bertz CT molecular complexity index is 593. The molecule has 1 saturated heterocycles. The smallest absolute Gasteiger partial charge is 0.246 e. The zero-order valence-electron chi connectivity index (χ0n) is 15.0. The molecule has 1 aromatic rings. The Labute approximate surface area is 145 Å². The highest BCUT2D eigenvalue weighted by Gasteiger charge is 2.22. The minimum absolute atomic E-state index is 0.0110. The number of nitrogens with zero attached hydrogens (tertiary/aromatic N) is 2. The van der Waals surface area contributed by atoms with E-state index in [2.05, 4.69) is 6.92 Å². The van der Waals surface area contributed by atoms with E-state index in [0.717, 1.165) is 30.5 Å². The highest BCUT2D eigenvalue weighted by atomic mass is 16.2. The zero-order chi connectivity index (χ0) is 17.5. The Morgan fingerprint density at radius 2 is 1.67 bits per heavy atom. The summed E-state index contributed by atoms with van der Waals surface area (Å²) in [6.45, 7) is 8.60. The average molecular weight is 328 g/mol. The van der Waals surface area contributed by atoms with Crippen LogP contribution in [0, 0.1) is 5.92 Å². The number of hydrogen-bond donors (Lipinski definition) is 0. The lowest BCUT2D eigenvalue weighted by atomic mass is 10.0. The van der Waals surface area contributed by atoms with Crippen molar-refractivity contribution in [3.05, 3.63) is 42.0 Å². The van der Waals surface area contributed by atoms with Crippen LogP contribution < -0.4 is 0 Å². The summed E-state index contributed by atoms with van der Waals surface area (Å²) in [4.78, 5) is 28.6. The third-order valence-electron chi connectivity index (χ3n) is 4.44. The van der Waals surface area contributed by atoms with E-state index in [0.29, 0.717) is 19.6 Å². The summed E-state index contributed by atoms with van der Waals surface area (Å²) in [5.41, 5.74) is 2.15. The van der Waals surface area contributed by atoms with Crippen molar-refractivity contribution in [2.45, 2.75) is 33.6 Å². The first-order chi connectivity index (χ1) is 11.5. The molecule has 0 saturated carbocycles. The van der Waals surface area contributed by atoms with Crippen molar-refractivity contribution < 1.29 is 9.59 Å². The molecule has 0 aliphatic carbocycles. The number of carbonyl (C=O) groups excluding carboxylic acids is 2. The van der Waals surface area contributed by atoms with Crippen molar-refractivity contribution in [3.8, 4) is 0 Å². The van der Waals surface area contributed by atoms with Gasteiger partial charge in [-0.2, -0.15) is 0 Å². The van der Waals surface area contributed by atoms with E-state index in [9.17, 15) is 9.59 Å². The molecule has 24 heavy (non-hydrogen) atoms. The second-order valence-corrected chi connectivity index (χ2v) is 6.55. The lowest BCUT2D eigenvalue weighted by Crippen LogP contribution is -2.38. The van der Waals surface area contributed by atoms with Gasteiger partial charge in [0.15, 0.2) is 0 Å². The molecule has 2 amide bonds. The van der Waals surface area contributed by atoms with Gasteiger partial charge in [-0.3, -0.25) is 9.59 Å². The summed E-state index contributed by atoms with van der Waals surface area (Å²) >= 11 is 0. The minimum Gasteiger partial charge on any atom is -0.341 e. The van der Waals surface area contributed by atoms with Crippen molar-refractivity contribution in [3.63, 3.8) is 0 Å². The van der Waals surface area contributed by atoms with Crippen molar-refractivity contribution >= 4 is 17.4 Å². The van der Waals surface area contributed by atoms with E-state index < -0.39 is 0 Å². The molecule has 0 atom stereocenters. The maximum absolute atomic E-state index is 12.6. The Balaban J connectivity index is 2.04. The molecule has 1 aromatic carbocycles. The van der Waals surface area contributed by atoms with Crippen LogP contribution in [-0.4, -0.2) is 47.8 Å². The number of benzene rings is 1. The maximum Gasteiger partial charge on any atom is 0.246 e. The van der Waals surface area contributed by atoms with E-state index in [1.807, 2.05) is 54.0 Å². The molecule has 0 aromatic heterocycles. The molecule has 1 aliphatic heterocycles. The van der Waals surface area contributed by atoms with Gasteiger partial charge in [-0.05, 0) is 24.0 Å². The first-order valence-corrected chi connectivity index (χ1v) is 8.86. The number of hydrogen-bond acceptors (Lipinski definition) is 2. The second kappa shape index (κ2) is 8.67. The lowest BCUT2D eigenvalue weighted by Gasteiger charge is -2.23. The minimum atomic E-state index is 0.0110. The van der Waals surface area contributed by atoms with Crippen molar-refractivity contribution in [1.82, 2.24) is 9.80 Å². The molecule has 0 bridgehead atoms. The van der Waals surface area contributed by atoms with Gasteiger partial charge in [0.1, 0.15) is 0 Å². The van der Waals surface area contributed by atoms with Crippen LogP contribution in [0.25, 0.3) is 5.57 Å². The normalized spacial score (nSPS) is 16.2.